The molecule has 1 N–H and O–H groups in total. The Balaban J connectivity index is 2.33. The predicted octanol–water partition coefficient (Wildman–Crippen LogP) is 4.39. The van der Waals surface area contributed by atoms with Crippen LogP contribution in [0.5, 0.6) is 17.4 Å². The van der Waals surface area contributed by atoms with Crippen LogP contribution >= 0.6 is 0 Å². The Hall–Kier alpha value is -3.05. The average Bonchev–Trinajstić information content (AvgIpc) is 2.73. The van der Waals surface area contributed by atoms with Gasteiger partial charge in [-0.05, 0) is 72.4 Å². The fourth-order valence-electron chi connectivity index (χ4n) is 3.58. The van der Waals surface area contributed by atoms with E-state index in [0.29, 0.717) is 12.3 Å². The molecular weight excluding hydrogens is 366 g/mol. The van der Waals surface area contributed by atoms with Crippen LogP contribution < -0.4 is 14.2 Å². The molecule has 29 heavy (non-hydrogen) atoms. The number of hydrogen-bond donors (Lipinski definition) is 1. The van der Waals surface area contributed by atoms with Crippen LogP contribution in [-0.2, 0) is 6.42 Å². The van der Waals surface area contributed by atoms with Crippen LogP contribution in [-0.4, -0.2) is 38.0 Å². The molecule has 0 spiro atoms. The fraction of sp³-hybridized carbons (Fsp3) is 0.292. The van der Waals surface area contributed by atoms with Crippen LogP contribution in [0.3, 0.4) is 0 Å². The first-order chi connectivity index (χ1) is 14.0. The molecule has 3 rings (SSSR count). The number of benzene rings is 2. The van der Waals surface area contributed by atoms with E-state index < -0.39 is 0 Å². The lowest BCUT2D eigenvalue weighted by Gasteiger charge is -2.19. The molecule has 3 aromatic rings. The molecule has 0 atom stereocenters. The highest BCUT2D eigenvalue weighted by molar-refractivity contribution is 5.89. The van der Waals surface area contributed by atoms with Crippen LogP contribution in [0, 0.1) is 20.0 Å². The van der Waals surface area contributed by atoms with Crippen molar-refractivity contribution in [2.45, 2.75) is 20.3 Å². The number of hydrogen-bond acceptors (Lipinski definition) is 5. The third-order valence-electron chi connectivity index (χ3n) is 4.98. The molecule has 0 aliphatic heterocycles. The molecule has 0 fully saturated rings. The number of aliphatic hydroxyl groups is 1. The second kappa shape index (κ2) is 8.97. The molecule has 5 nitrogen and oxygen atoms in total. The molecule has 0 saturated carbocycles. The Morgan fingerprint density at radius 1 is 0.828 bits per heavy atom. The molecule has 5 heteroatoms. The molecular formula is C24H26NO4. The van der Waals surface area contributed by atoms with E-state index in [2.05, 4.69) is 23.3 Å². The van der Waals surface area contributed by atoms with Crippen LogP contribution in [0.4, 0.5) is 0 Å². The fourth-order valence-corrected chi connectivity index (χ4v) is 3.58. The summed E-state index contributed by atoms with van der Waals surface area (Å²) in [6, 6.07) is 12.0. The maximum atomic E-state index is 9.61. The summed E-state index contributed by atoms with van der Waals surface area (Å²) in [5.41, 5.74) is 6.64. The van der Waals surface area contributed by atoms with Gasteiger partial charge in [0, 0.05) is 12.2 Å². The zero-order valence-corrected chi connectivity index (χ0v) is 17.5. The molecule has 0 unspecified atom stereocenters. The van der Waals surface area contributed by atoms with E-state index in [1.807, 2.05) is 38.1 Å². The topological polar surface area (TPSA) is 60.8 Å². The Morgan fingerprint density at radius 3 is 1.83 bits per heavy atom. The number of aliphatic hydroxyl groups excluding tert-OH is 1. The highest BCUT2D eigenvalue weighted by Crippen LogP contribution is 2.42. The molecule has 151 valence electrons. The van der Waals surface area contributed by atoms with E-state index in [1.54, 1.807) is 21.3 Å². The molecule has 0 amide bonds. The Labute approximate surface area is 171 Å². The monoisotopic (exact) mass is 392 g/mol. The Morgan fingerprint density at radius 2 is 1.38 bits per heavy atom. The molecule has 2 aromatic carbocycles. The lowest BCUT2D eigenvalue weighted by molar-refractivity contribution is 0.299. The lowest BCUT2D eigenvalue weighted by atomic mass is 9.89. The number of aryl methyl sites for hydroxylation is 2. The van der Waals surface area contributed by atoms with Gasteiger partial charge in [0.1, 0.15) is 11.5 Å². The van der Waals surface area contributed by atoms with Gasteiger partial charge in [0.15, 0.2) is 0 Å². The highest BCUT2D eigenvalue weighted by atomic mass is 16.5. The molecule has 0 saturated heterocycles. The van der Waals surface area contributed by atoms with Gasteiger partial charge >= 0.3 is 0 Å². The van der Waals surface area contributed by atoms with Crippen molar-refractivity contribution < 1.29 is 19.3 Å². The predicted molar refractivity (Wildman–Crippen MR) is 114 cm³/mol. The first-order valence-electron chi connectivity index (χ1n) is 9.43. The first kappa shape index (κ1) is 20.7. The Kier molecular flexibility index (Phi) is 6.39. The maximum Gasteiger partial charge on any atom is 0.222 e. The van der Waals surface area contributed by atoms with Gasteiger partial charge in [-0.1, -0.05) is 12.1 Å². The van der Waals surface area contributed by atoms with Gasteiger partial charge < -0.3 is 19.3 Å². The third kappa shape index (κ3) is 4.05. The van der Waals surface area contributed by atoms with E-state index in [1.165, 1.54) is 0 Å². The van der Waals surface area contributed by atoms with Crippen molar-refractivity contribution in [3.05, 3.63) is 59.3 Å². The van der Waals surface area contributed by atoms with Gasteiger partial charge in [0.2, 0.25) is 5.88 Å². The summed E-state index contributed by atoms with van der Waals surface area (Å²) in [6.07, 6.45) is 3.50. The minimum absolute atomic E-state index is 0.00766. The van der Waals surface area contributed by atoms with Crippen LogP contribution in [0.15, 0.2) is 36.4 Å². The normalized spacial score (nSPS) is 10.7. The average molecular weight is 392 g/mol. The highest BCUT2D eigenvalue weighted by Gasteiger charge is 2.20. The smallest absolute Gasteiger partial charge is 0.222 e. The molecule has 0 bridgehead atoms. The van der Waals surface area contributed by atoms with Gasteiger partial charge in [-0.25, -0.2) is 4.98 Å². The minimum Gasteiger partial charge on any atom is -0.496 e. The Bertz CT molecular complexity index is 1010. The summed E-state index contributed by atoms with van der Waals surface area (Å²) in [5.74, 6) is 2.13. The number of methoxy groups -OCH3 is 3. The molecule has 1 aromatic heterocycles. The second-order valence-corrected chi connectivity index (χ2v) is 6.80. The number of rotatable bonds is 7. The second-order valence-electron chi connectivity index (χ2n) is 6.80. The van der Waals surface area contributed by atoms with E-state index in [9.17, 15) is 5.11 Å². The molecule has 0 aliphatic rings. The number of aromatic nitrogens is 1. The van der Waals surface area contributed by atoms with Gasteiger partial charge in [-0.2, -0.15) is 0 Å². The maximum absolute atomic E-state index is 9.61. The number of pyridine rings is 1. The van der Waals surface area contributed by atoms with Crippen molar-refractivity contribution >= 4 is 0 Å². The number of nitrogens with zero attached hydrogens (tertiary/aromatic N) is 1. The lowest BCUT2D eigenvalue weighted by Crippen LogP contribution is -2.03. The van der Waals surface area contributed by atoms with Crippen molar-refractivity contribution in [2.75, 3.05) is 27.9 Å². The van der Waals surface area contributed by atoms with Crippen LogP contribution in [0.2, 0.25) is 0 Å². The third-order valence-corrected chi connectivity index (χ3v) is 4.98. The molecule has 1 heterocycles. The van der Waals surface area contributed by atoms with E-state index in [4.69, 9.17) is 14.2 Å². The largest absolute Gasteiger partial charge is 0.496 e. The summed E-state index contributed by atoms with van der Waals surface area (Å²) in [5, 5.41) is 9.61. The van der Waals surface area contributed by atoms with Gasteiger partial charge in [0.05, 0.1) is 33.1 Å². The van der Waals surface area contributed by atoms with Crippen molar-refractivity contribution in [3.8, 4) is 39.6 Å². The van der Waals surface area contributed by atoms with E-state index >= 15 is 0 Å². The van der Waals surface area contributed by atoms with Crippen molar-refractivity contribution in [3.63, 3.8) is 0 Å². The zero-order chi connectivity index (χ0) is 21.0. The van der Waals surface area contributed by atoms with Gasteiger partial charge in [-0.3, -0.25) is 0 Å². The summed E-state index contributed by atoms with van der Waals surface area (Å²) in [6.45, 7) is 4.02. The standard InChI is InChI=1S/C24H26NO4/c1-15-12-17(6-8-20(15)27-3)22-19(10-11-26)14-25-24(29-5)23(22)18-7-9-21(28-4)16(2)13-18/h6-9,12-13,26H,10-11H2,1-5H3. The quantitative estimate of drug-likeness (QED) is 0.646. The number of ether oxygens (including phenoxy) is 3. The summed E-state index contributed by atoms with van der Waals surface area (Å²) < 4.78 is 16.4. The van der Waals surface area contributed by atoms with Crippen molar-refractivity contribution in [1.82, 2.24) is 4.98 Å². The SMILES string of the molecule is COc1ccc(-c2c(CCO)[c]nc(OC)c2-c2ccc(OC)c(C)c2)cc1C. The van der Waals surface area contributed by atoms with E-state index in [-0.39, 0.29) is 6.61 Å². The van der Waals surface area contributed by atoms with Gasteiger partial charge in [-0.15, -0.1) is 0 Å². The van der Waals surface area contributed by atoms with Crippen LogP contribution in [0.25, 0.3) is 22.3 Å². The van der Waals surface area contributed by atoms with Crippen molar-refractivity contribution in [2.24, 2.45) is 0 Å². The summed E-state index contributed by atoms with van der Waals surface area (Å²) in [4.78, 5) is 4.39. The summed E-state index contributed by atoms with van der Waals surface area (Å²) in [7, 11) is 4.92. The van der Waals surface area contributed by atoms with Crippen molar-refractivity contribution in [1.29, 1.82) is 0 Å². The zero-order valence-electron chi connectivity index (χ0n) is 17.5. The molecule has 1 radical (unpaired) electrons. The van der Waals surface area contributed by atoms with E-state index in [0.717, 1.165) is 50.4 Å². The molecule has 0 aliphatic carbocycles. The van der Waals surface area contributed by atoms with Gasteiger partial charge in [0.25, 0.3) is 0 Å². The first-order valence-corrected chi connectivity index (χ1v) is 9.43. The summed E-state index contributed by atoms with van der Waals surface area (Å²) >= 11 is 0. The van der Waals surface area contributed by atoms with Crippen LogP contribution in [0.1, 0.15) is 16.7 Å². The minimum atomic E-state index is 0.00766.